The molecular formula is C12H11FN2O4. The van der Waals surface area contributed by atoms with E-state index in [-0.39, 0.29) is 12.3 Å². The lowest BCUT2D eigenvalue weighted by Gasteiger charge is -2.08. The Bertz CT molecular complexity index is 703. The molecule has 0 aliphatic heterocycles. The fourth-order valence-electron chi connectivity index (χ4n) is 1.65. The highest BCUT2D eigenvalue weighted by Gasteiger charge is 2.13. The maximum absolute atomic E-state index is 13.2. The zero-order valence-corrected chi connectivity index (χ0v) is 9.76. The van der Waals surface area contributed by atoms with Crippen LogP contribution in [0.5, 0.6) is 11.6 Å². The molecule has 2 rings (SSSR count). The van der Waals surface area contributed by atoms with E-state index in [4.69, 9.17) is 5.11 Å². The van der Waals surface area contributed by atoms with E-state index in [2.05, 4.69) is 0 Å². The molecule has 19 heavy (non-hydrogen) atoms. The highest BCUT2D eigenvalue weighted by atomic mass is 19.1. The van der Waals surface area contributed by atoms with Crippen molar-refractivity contribution in [3.63, 3.8) is 0 Å². The topological polar surface area (TPSA) is 95.3 Å². The molecule has 1 aromatic carbocycles. The fourth-order valence-corrected chi connectivity index (χ4v) is 1.65. The Morgan fingerprint density at radius 2 is 1.79 bits per heavy atom. The van der Waals surface area contributed by atoms with Gasteiger partial charge < -0.3 is 10.2 Å². The number of halogens is 1. The second-order valence-electron chi connectivity index (χ2n) is 3.96. The van der Waals surface area contributed by atoms with Crippen LogP contribution in [0, 0.1) is 5.82 Å². The summed E-state index contributed by atoms with van der Waals surface area (Å²) in [4.78, 5) is 24.1. The molecule has 0 fully saturated rings. The normalized spacial score (nSPS) is 10.6. The van der Waals surface area contributed by atoms with Crippen molar-refractivity contribution in [3.05, 3.63) is 56.5 Å². The zero-order valence-electron chi connectivity index (χ0n) is 9.76. The molecule has 7 heteroatoms. The van der Waals surface area contributed by atoms with Crippen molar-refractivity contribution in [1.82, 2.24) is 9.55 Å². The number of phenols is 1. The number of hydrogen-bond donors (Lipinski definition) is 3. The van der Waals surface area contributed by atoms with Crippen LogP contribution in [0.15, 0.2) is 33.9 Å². The van der Waals surface area contributed by atoms with Gasteiger partial charge in [0.05, 0.1) is 0 Å². The molecule has 0 amide bonds. The first-order valence-corrected chi connectivity index (χ1v) is 5.48. The first-order valence-electron chi connectivity index (χ1n) is 5.48. The van der Waals surface area contributed by atoms with Crippen LogP contribution in [0.3, 0.4) is 0 Å². The molecular weight excluding hydrogens is 255 g/mol. The van der Waals surface area contributed by atoms with Crippen molar-refractivity contribution in [3.8, 4) is 11.6 Å². The van der Waals surface area contributed by atoms with Gasteiger partial charge in [-0.15, -0.1) is 0 Å². The second kappa shape index (κ2) is 4.97. The Morgan fingerprint density at radius 3 is 2.42 bits per heavy atom. The summed E-state index contributed by atoms with van der Waals surface area (Å²) >= 11 is 0. The predicted octanol–water partition coefficient (Wildman–Crippen LogP) is 0.330. The number of H-pyrrole nitrogens is 1. The van der Waals surface area contributed by atoms with Crippen LogP contribution in [0.1, 0.15) is 5.56 Å². The van der Waals surface area contributed by atoms with E-state index in [9.17, 15) is 19.1 Å². The molecule has 0 saturated heterocycles. The minimum atomic E-state index is -1.38. The lowest BCUT2D eigenvalue weighted by Crippen LogP contribution is -2.32. The monoisotopic (exact) mass is 266 g/mol. The van der Waals surface area contributed by atoms with Crippen LogP contribution in [-0.4, -0.2) is 19.8 Å². The molecule has 0 aliphatic rings. The van der Waals surface area contributed by atoms with Crippen molar-refractivity contribution >= 4 is 0 Å². The molecule has 0 aliphatic carbocycles. The summed E-state index contributed by atoms with van der Waals surface area (Å²) in [7, 11) is 0. The van der Waals surface area contributed by atoms with Crippen LogP contribution in [-0.2, 0) is 13.0 Å². The number of benzene rings is 1. The Morgan fingerprint density at radius 1 is 1.16 bits per heavy atom. The van der Waals surface area contributed by atoms with E-state index in [1.165, 1.54) is 12.1 Å². The Balaban J connectivity index is 2.25. The summed E-state index contributed by atoms with van der Waals surface area (Å²) in [5.41, 5.74) is -1.33. The first kappa shape index (κ1) is 12.9. The highest BCUT2D eigenvalue weighted by Crippen LogP contribution is 2.12. The standard InChI is InChI=1S/C12H11FN2O4/c13-9-10(17)14-12(19)15(11(9)18)6-5-7-1-3-8(16)4-2-7/h1-4,16,18H,5-6H2,(H,14,17,19). The maximum atomic E-state index is 13.2. The number of aromatic amines is 1. The van der Waals surface area contributed by atoms with Crippen LogP contribution < -0.4 is 11.2 Å². The average Bonchev–Trinajstić information content (AvgIpc) is 2.38. The van der Waals surface area contributed by atoms with Crippen LogP contribution in [0.25, 0.3) is 0 Å². The summed E-state index contributed by atoms with van der Waals surface area (Å²) < 4.78 is 13.9. The van der Waals surface area contributed by atoms with Gasteiger partial charge in [-0.05, 0) is 24.1 Å². The molecule has 2 aromatic rings. The van der Waals surface area contributed by atoms with E-state index in [0.717, 1.165) is 10.1 Å². The molecule has 0 saturated carbocycles. The van der Waals surface area contributed by atoms with Gasteiger partial charge in [-0.2, -0.15) is 4.39 Å². The summed E-state index contributed by atoms with van der Waals surface area (Å²) in [5, 5.41) is 18.5. The van der Waals surface area contributed by atoms with Crippen molar-refractivity contribution in [2.75, 3.05) is 0 Å². The second-order valence-corrected chi connectivity index (χ2v) is 3.96. The van der Waals surface area contributed by atoms with Gasteiger partial charge in [0.15, 0.2) is 0 Å². The van der Waals surface area contributed by atoms with Crippen LogP contribution in [0.2, 0.25) is 0 Å². The molecule has 3 N–H and O–H groups in total. The number of nitrogens with one attached hydrogen (secondary N) is 1. The number of phenolic OH excluding ortho intramolecular Hbond substituents is 1. The third-order valence-corrected chi connectivity index (χ3v) is 2.68. The van der Waals surface area contributed by atoms with Crippen molar-refractivity contribution < 1.29 is 14.6 Å². The largest absolute Gasteiger partial charge is 0.508 e. The van der Waals surface area contributed by atoms with E-state index in [1.807, 2.05) is 0 Å². The van der Waals surface area contributed by atoms with Crippen molar-refractivity contribution in [2.24, 2.45) is 0 Å². The summed E-state index contributed by atoms with van der Waals surface area (Å²) in [6.07, 6.45) is 0.333. The summed E-state index contributed by atoms with van der Waals surface area (Å²) in [5.74, 6) is -2.25. The summed E-state index contributed by atoms with van der Waals surface area (Å²) in [6.45, 7) is 0.00312. The number of hydrogen-bond acceptors (Lipinski definition) is 4. The molecule has 1 heterocycles. The lowest BCUT2D eigenvalue weighted by molar-refractivity contribution is 0.360. The third kappa shape index (κ3) is 2.65. The van der Waals surface area contributed by atoms with Crippen LogP contribution in [0.4, 0.5) is 4.39 Å². The van der Waals surface area contributed by atoms with Gasteiger partial charge in [0, 0.05) is 6.54 Å². The molecule has 0 atom stereocenters. The average molecular weight is 266 g/mol. The van der Waals surface area contributed by atoms with Gasteiger partial charge in [-0.25, -0.2) is 4.79 Å². The predicted molar refractivity (Wildman–Crippen MR) is 64.8 cm³/mol. The molecule has 0 radical (unpaired) electrons. The van der Waals surface area contributed by atoms with E-state index >= 15 is 0 Å². The third-order valence-electron chi connectivity index (χ3n) is 2.68. The Hall–Kier alpha value is -2.57. The van der Waals surface area contributed by atoms with E-state index in [0.29, 0.717) is 6.42 Å². The SMILES string of the molecule is O=c1[nH]c(=O)n(CCc2ccc(O)cc2)c(O)c1F. The number of nitrogens with zero attached hydrogens (tertiary/aromatic N) is 1. The minimum Gasteiger partial charge on any atom is -0.508 e. The van der Waals surface area contributed by atoms with Gasteiger partial charge in [0.25, 0.3) is 5.56 Å². The quantitative estimate of drug-likeness (QED) is 0.746. The van der Waals surface area contributed by atoms with E-state index in [1.54, 1.807) is 17.1 Å². The van der Waals surface area contributed by atoms with Gasteiger partial charge in [-0.1, -0.05) is 12.1 Å². The molecule has 0 bridgehead atoms. The number of aromatic nitrogens is 2. The highest BCUT2D eigenvalue weighted by molar-refractivity contribution is 5.26. The number of aromatic hydroxyl groups is 2. The fraction of sp³-hybridized carbons (Fsp3) is 0.167. The van der Waals surface area contributed by atoms with Crippen molar-refractivity contribution in [1.29, 1.82) is 0 Å². The molecule has 100 valence electrons. The van der Waals surface area contributed by atoms with Gasteiger partial charge >= 0.3 is 5.69 Å². The smallest absolute Gasteiger partial charge is 0.331 e. The first-order chi connectivity index (χ1) is 8.99. The zero-order chi connectivity index (χ0) is 14.0. The Labute approximate surface area is 106 Å². The van der Waals surface area contributed by atoms with Gasteiger partial charge in [-0.3, -0.25) is 14.3 Å². The molecule has 6 nitrogen and oxygen atoms in total. The molecule has 1 aromatic heterocycles. The van der Waals surface area contributed by atoms with Crippen LogP contribution >= 0.6 is 0 Å². The van der Waals surface area contributed by atoms with Gasteiger partial charge in [0.1, 0.15) is 5.75 Å². The molecule has 0 spiro atoms. The van der Waals surface area contributed by atoms with E-state index < -0.39 is 22.9 Å². The summed E-state index contributed by atoms with van der Waals surface area (Å²) in [6, 6.07) is 6.23. The van der Waals surface area contributed by atoms with Gasteiger partial charge in [0.2, 0.25) is 11.7 Å². The number of aryl methyl sites for hydroxylation is 1. The maximum Gasteiger partial charge on any atom is 0.331 e. The minimum absolute atomic E-state index is 0.00312. The van der Waals surface area contributed by atoms with Crippen molar-refractivity contribution in [2.45, 2.75) is 13.0 Å². The molecule has 0 unspecified atom stereocenters. The Kier molecular flexibility index (Phi) is 3.37. The number of rotatable bonds is 3. The lowest BCUT2D eigenvalue weighted by atomic mass is 10.1.